The van der Waals surface area contributed by atoms with Crippen molar-refractivity contribution in [3.8, 4) is 5.75 Å². The normalized spacial score (nSPS) is 19.1. The summed E-state index contributed by atoms with van der Waals surface area (Å²) >= 11 is 8.04. The van der Waals surface area contributed by atoms with Gasteiger partial charge in [0, 0.05) is 36.4 Å². The van der Waals surface area contributed by atoms with Gasteiger partial charge in [0.05, 0.1) is 34.1 Å². The quantitative estimate of drug-likeness (QED) is 0.685. The summed E-state index contributed by atoms with van der Waals surface area (Å²) < 4.78 is 5.83. The molecule has 2 aromatic rings. The predicted molar refractivity (Wildman–Crippen MR) is 113 cm³/mol. The number of benzene rings is 1. The van der Waals surface area contributed by atoms with Crippen LogP contribution in [0.2, 0.25) is 5.02 Å². The first-order valence-electron chi connectivity index (χ1n) is 8.96. The van der Waals surface area contributed by atoms with Gasteiger partial charge in [-0.15, -0.1) is 0 Å². The van der Waals surface area contributed by atoms with Crippen molar-refractivity contribution in [2.45, 2.75) is 6.92 Å². The number of nitrogens with one attached hydrogen (secondary N) is 2. The van der Waals surface area contributed by atoms with Crippen LogP contribution in [0.3, 0.4) is 0 Å². The number of amides is 2. The highest BCUT2D eigenvalue weighted by Crippen LogP contribution is 2.40. The Kier molecular flexibility index (Phi) is 5.12. The van der Waals surface area contributed by atoms with Gasteiger partial charge in [0.15, 0.2) is 0 Å². The highest BCUT2D eigenvalue weighted by molar-refractivity contribution is 7.99. The first kappa shape index (κ1) is 19.0. The Morgan fingerprint density at radius 1 is 1.18 bits per heavy atom. The van der Waals surface area contributed by atoms with E-state index in [1.165, 1.54) is 0 Å². The summed E-state index contributed by atoms with van der Waals surface area (Å²) in [5.41, 5.74) is 3.86. The molecule has 0 unspecified atom stereocenters. The lowest BCUT2D eigenvalue weighted by Crippen LogP contribution is -2.29. The van der Waals surface area contributed by atoms with Gasteiger partial charge in [0.2, 0.25) is 0 Å². The second-order valence-corrected chi connectivity index (χ2v) is 8.44. The molecule has 2 bridgehead atoms. The fourth-order valence-electron chi connectivity index (χ4n) is 3.31. The number of nitrogens with zero attached hydrogens (tertiary/aromatic N) is 1. The van der Waals surface area contributed by atoms with Gasteiger partial charge >= 0.3 is 0 Å². The number of hydrogen-bond acceptors (Lipinski definition) is 4. The Bertz CT molecular complexity index is 999. The van der Waals surface area contributed by atoms with E-state index in [4.69, 9.17) is 16.3 Å². The number of H-pyrrole nitrogens is 1. The number of aryl methyl sites for hydroxylation is 1. The van der Waals surface area contributed by atoms with Crippen LogP contribution >= 0.6 is 23.4 Å². The average molecular weight is 418 g/mol. The summed E-state index contributed by atoms with van der Waals surface area (Å²) in [6.07, 6.45) is 1.72. The fraction of sp³-hybridized carbons (Fsp3) is 0.300. The molecule has 0 atom stereocenters. The van der Waals surface area contributed by atoms with Gasteiger partial charge in [-0.2, -0.15) is 11.8 Å². The maximum atomic E-state index is 12.9. The summed E-state index contributed by atoms with van der Waals surface area (Å²) in [6.45, 7) is 3.02. The minimum atomic E-state index is -0.234. The van der Waals surface area contributed by atoms with Crippen molar-refractivity contribution in [3.05, 3.63) is 45.7 Å². The zero-order valence-corrected chi connectivity index (χ0v) is 17.2. The van der Waals surface area contributed by atoms with Crippen molar-refractivity contribution < 1.29 is 14.3 Å². The van der Waals surface area contributed by atoms with E-state index in [-0.39, 0.29) is 11.8 Å². The molecule has 0 spiro atoms. The van der Waals surface area contributed by atoms with Gasteiger partial charge in [-0.05, 0) is 31.2 Å². The van der Waals surface area contributed by atoms with Crippen LogP contribution in [0.15, 0.2) is 18.2 Å². The number of hydrogen-bond donors (Lipinski definition) is 2. The molecule has 146 valence electrons. The zero-order valence-electron chi connectivity index (χ0n) is 15.6. The summed E-state index contributed by atoms with van der Waals surface area (Å²) in [5, 5.41) is 3.29. The molecule has 6 nitrogen and oxygen atoms in total. The standard InChI is InChI=1S/C20H20ClN3O3S/c1-11-7-14-16(22-11)8-13-12-9-18(15(21)10-17(12)23-19(13)25)27-4-6-28-5-3-24(2)20(14)26/h7-10,22H,3-6H2,1-2H3,(H,23,25)/b13-8-. The molecule has 28 heavy (non-hydrogen) atoms. The van der Waals surface area contributed by atoms with Crippen LogP contribution in [0.4, 0.5) is 5.69 Å². The van der Waals surface area contributed by atoms with E-state index in [1.807, 2.05) is 13.0 Å². The zero-order chi connectivity index (χ0) is 19.8. The van der Waals surface area contributed by atoms with Crippen LogP contribution in [0, 0.1) is 6.92 Å². The maximum absolute atomic E-state index is 12.9. The van der Waals surface area contributed by atoms with E-state index < -0.39 is 0 Å². The molecule has 0 saturated heterocycles. The number of ether oxygens (including phenoxy) is 1. The third kappa shape index (κ3) is 3.52. The first-order valence-corrected chi connectivity index (χ1v) is 10.5. The van der Waals surface area contributed by atoms with Crippen molar-refractivity contribution in [1.82, 2.24) is 9.88 Å². The van der Waals surface area contributed by atoms with Crippen molar-refractivity contribution in [2.75, 3.05) is 37.0 Å². The molecule has 2 N–H and O–H groups in total. The molecular weight excluding hydrogens is 398 g/mol. The number of halogens is 1. The van der Waals surface area contributed by atoms with Crippen LogP contribution in [-0.4, -0.2) is 53.4 Å². The van der Waals surface area contributed by atoms with Crippen molar-refractivity contribution >= 4 is 52.5 Å². The third-order valence-electron chi connectivity index (χ3n) is 4.76. The highest BCUT2D eigenvalue weighted by atomic mass is 35.5. The minimum Gasteiger partial charge on any atom is -0.491 e. The van der Waals surface area contributed by atoms with Crippen molar-refractivity contribution in [1.29, 1.82) is 0 Å². The summed E-state index contributed by atoms with van der Waals surface area (Å²) in [7, 11) is 1.79. The Morgan fingerprint density at radius 2 is 2.00 bits per heavy atom. The molecular formula is C20H20ClN3O3S. The molecule has 1 aromatic heterocycles. The number of thioether (sulfide) groups is 1. The topological polar surface area (TPSA) is 74.4 Å². The van der Waals surface area contributed by atoms with E-state index >= 15 is 0 Å². The summed E-state index contributed by atoms with van der Waals surface area (Å²) in [4.78, 5) is 30.4. The lowest BCUT2D eigenvalue weighted by atomic mass is 10.0. The number of carbonyl (C=O) groups is 2. The lowest BCUT2D eigenvalue weighted by molar-refractivity contribution is -0.110. The molecule has 0 fully saturated rings. The SMILES string of the molecule is Cc1cc2c([nH]1)/C=C1\C(=O)Nc3cc(Cl)c(cc31)OCCSCCN(C)C2=O. The molecule has 2 aliphatic rings. The predicted octanol–water partition coefficient (Wildman–Crippen LogP) is 3.67. The van der Waals surface area contributed by atoms with Crippen molar-refractivity contribution in [2.24, 2.45) is 0 Å². The third-order valence-corrected chi connectivity index (χ3v) is 5.98. The molecule has 1 aromatic carbocycles. The Balaban J connectivity index is 1.85. The fourth-order valence-corrected chi connectivity index (χ4v) is 4.34. The van der Waals surface area contributed by atoms with Gasteiger partial charge in [0.25, 0.3) is 11.8 Å². The van der Waals surface area contributed by atoms with Crippen LogP contribution in [0.1, 0.15) is 27.3 Å². The van der Waals surface area contributed by atoms with Gasteiger partial charge in [-0.25, -0.2) is 0 Å². The minimum absolute atomic E-state index is 0.0710. The van der Waals surface area contributed by atoms with Crippen LogP contribution in [0.25, 0.3) is 11.6 Å². The van der Waals surface area contributed by atoms with Gasteiger partial charge in [0.1, 0.15) is 5.75 Å². The molecule has 0 radical (unpaired) electrons. The van der Waals surface area contributed by atoms with E-state index in [2.05, 4.69) is 10.3 Å². The largest absolute Gasteiger partial charge is 0.491 e. The number of aromatic amines is 1. The van der Waals surface area contributed by atoms with Crippen LogP contribution in [-0.2, 0) is 4.79 Å². The number of carbonyl (C=O) groups excluding carboxylic acids is 2. The van der Waals surface area contributed by atoms with Crippen LogP contribution < -0.4 is 10.1 Å². The number of fused-ring (bicyclic) bond motifs is 2. The van der Waals surface area contributed by atoms with Crippen molar-refractivity contribution in [3.63, 3.8) is 0 Å². The van der Waals surface area contributed by atoms with E-state index in [0.29, 0.717) is 52.0 Å². The molecule has 3 heterocycles. The smallest absolute Gasteiger partial charge is 0.256 e. The second kappa shape index (κ2) is 7.56. The molecule has 0 saturated carbocycles. The molecule has 8 heteroatoms. The van der Waals surface area contributed by atoms with Gasteiger partial charge in [-0.3, -0.25) is 9.59 Å². The Morgan fingerprint density at radius 3 is 2.82 bits per heavy atom. The average Bonchev–Trinajstić information content (AvgIpc) is 3.16. The number of aromatic nitrogens is 1. The maximum Gasteiger partial charge on any atom is 0.256 e. The highest BCUT2D eigenvalue weighted by Gasteiger charge is 2.27. The monoisotopic (exact) mass is 417 g/mol. The summed E-state index contributed by atoms with van der Waals surface area (Å²) in [5.74, 6) is 1.84. The number of anilines is 1. The first-order chi connectivity index (χ1) is 13.4. The lowest BCUT2D eigenvalue weighted by Gasteiger charge is -2.17. The molecule has 2 amide bonds. The van der Waals surface area contributed by atoms with E-state index in [9.17, 15) is 9.59 Å². The van der Waals surface area contributed by atoms with Crippen LogP contribution in [0.5, 0.6) is 5.75 Å². The summed E-state index contributed by atoms with van der Waals surface area (Å²) in [6, 6.07) is 5.31. The molecule has 2 aliphatic heterocycles. The molecule has 0 aliphatic carbocycles. The van der Waals surface area contributed by atoms with Gasteiger partial charge in [-0.1, -0.05) is 11.6 Å². The van der Waals surface area contributed by atoms with E-state index in [1.54, 1.807) is 41.9 Å². The van der Waals surface area contributed by atoms with E-state index in [0.717, 1.165) is 17.2 Å². The Hall–Kier alpha value is -2.38. The molecule has 4 rings (SSSR count). The Labute approximate surface area is 172 Å². The number of rotatable bonds is 0. The second-order valence-electron chi connectivity index (χ2n) is 6.81. The van der Waals surface area contributed by atoms with Gasteiger partial charge < -0.3 is 19.9 Å².